The predicted octanol–water partition coefficient (Wildman–Crippen LogP) is 2.62. The molecule has 88 valence electrons. The van der Waals surface area contributed by atoms with Crippen molar-refractivity contribution in [1.82, 2.24) is 0 Å². The highest BCUT2D eigenvalue weighted by Crippen LogP contribution is 2.27. The van der Waals surface area contributed by atoms with E-state index in [0.717, 1.165) is 18.7 Å². The quantitative estimate of drug-likeness (QED) is 0.759. The molecule has 2 rings (SSSR count). The Kier molecular flexibility index (Phi) is 3.83. The lowest BCUT2D eigenvalue weighted by Gasteiger charge is -2.34. The van der Waals surface area contributed by atoms with Crippen LogP contribution in [0.1, 0.15) is 44.3 Å². The minimum absolute atomic E-state index is 0.396. The first-order chi connectivity index (χ1) is 7.85. The monoisotopic (exact) mass is 220 g/mol. The highest BCUT2D eigenvalue weighted by molar-refractivity contribution is 4.96. The Balaban J connectivity index is 1.93. The summed E-state index contributed by atoms with van der Waals surface area (Å²) in [4.78, 5) is 0. The number of hydrogen-bond donors (Lipinski definition) is 1. The van der Waals surface area contributed by atoms with Crippen molar-refractivity contribution in [3.8, 4) is 0 Å². The van der Waals surface area contributed by atoms with Gasteiger partial charge in [0.1, 0.15) is 6.54 Å². The Morgan fingerprint density at radius 2 is 2.19 bits per heavy atom. The highest BCUT2D eigenvalue weighted by atomic mass is 16.3. The minimum Gasteiger partial charge on any atom is -0.463 e. The van der Waals surface area contributed by atoms with Gasteiger partial charge in [-0.15, -0.1) is 6.58 Å². The van der Waals surface area contributed by atoms with Gasteiger partial charge in [-0.2, -0.15) is 0 Å². The summed E-state index contributed by atoms with van der Waals surface area (Å²) in [5.74, 6) is 1.08. The number of quaternary nitrogens is 1. The third kappa shape index (κ3) is 2.76. The van der Waals surface area contributed by atoms with Crippen LogP contribution in [0.3, 0.4) is 0 Å². The second-order valence-corrected chi connectivity index (χ2v) is 4.90. The molecule has 0 atom stereocenters. The number of hydrogen-bond acceptors (Lipinski definition) is 1. The van der Waals surface area contributed by atoms with E-state index in [1.807, 2.05) is 6.07 Å². The highest BCUT2D eigenvalue weighted by Gasteiger charge is 2.34. The van der Waals surface area contributed by atoms with Gasteiger partial charge < -0.3 is 9.73 Å². The molecule has 0 amide bonds. The van der Waals surface area contributed by atoms with Crippen molar-refractivity contribution < 1.29 is 9.73 Å². The van der Waals surface area contributed by atoms with Crippen LogP contribution in [0, 0.1) is 0 Å². The Hall–Kier alpha value is -1.02. The zero-order chi connectivity index (χ0) is 11.3. The average molecular weight is 220 g/mol. The summed E-state index contributed by atoms with van der Waals surface area (Å²) in [5, 5.41) is 2.46. The molecule has 0 bridgehead atoms. The van der Waals surface area contributed by atoms with E-state index in [1.165, 1.54) is 32.1 Å². The molecule has 0 spiro atoms. The molecule has 1 aromatic rings. The van der Waals surface area contributed by atoms with E-state index in [4.69, 9.17) is 4.42 Å². The van der Waals surface area contributed by atoms with Gasteiger partial charge >= 0.3 is 0 Å². The molecular formula is C14H22NO+. The minimum atomic E-state index is 0.396. The molecule has 1 fully saturated rings. The third-order valence-electron chi connectivity index (χ3n) is 3.72. The van der Waals surface area contributed by atoms with Gasteiger partial charge in [-0.05, 0) is 25.0 Å². The summed E-state index contributed by atoms with van der Waals surface area (Å²) in [6, 6.07) is 4.02. The van der Waals surface area contributed by atoms with Gasteiger partial charge in [-0.25, -0.2) is 0 Å². The van der Waals surface area contributed by atoms with Crippen molar-refractivity contribution in [3.05, 3.63) is 36.8 Å². The molecule has 1 saturated carbocycles. The predicted molar refractivity (Wildman–Crippen MR) is 65.0 cm³/mol. The van der Waals surface area contributed by atoms with Gasteiger partial charge in [0, 0.05) is 19.3 Å². The van der Waals surface area contributed by atoms with Gasteiger partial charge in [0.15, 0.2) is 5.76 Å². The lowest BCUT2D eigenvalue weighted by atomic mass is 9.79. The van der Waals surface area contributed by atoms with Gasteiger partial charge in [-0.3, -0.25) is 0 Å². The molecule has 0 radical (unpaired) electrons. The van der Waals surface area contributed by atoms with Crippen molar-refractivity contribution >= 4 is 0 Å². The molecule has 0 aliphatic heterocycles. The summed E-state index contributed by atoms with van der Waals surface area (Å²) in [5.41, 5.74) is 0.396. The molecule has 2 N–H and O–H groups in total. The average Bonchev–Trinajstić information content (AvgIpc) is 2.81. The maximum Gasteiger partial charge on any atom is 0.157 e. The van der Waals surface area contributed by atoms with E-state index < -0.39 is 0 Å². The van der Waals surface area contributed by atoms with Crippen LogP contribution in [-0.4, -0.2) is 5.54 Å². The van der Waals surface area contributed by atoms with Gasteiger partial charge in [0.2, 0.25) is 0 Å². The number of rotatable bonds is 5. The molecule has 2 heteroatoms. The van der Waals surface area contributed by atoms with E-state index >= 15 is 0 Å². The molecule has 16 heavy (non-hydrogen) atoms. The summed E-state index contributed by atoms with van der Waals surface area (Å²) < 4.78 is 5.39. The SMILES string of the molecule is C=CCC1([NH2+]Cc2ccco2)CCCCC1. The molecule has 1 heterocycles. The molecule has 0 unspecified atom stereocenters. The lowest BCUT2D eigenvalue weighted by Crippen LogP contribution is -2.95. The molecule has 1 aliphatic rings. The smallest absolute Gasteiger partial charge is 0.157 e. The third-order valence-corrected chi connectivity index (χ3v) is 3.72. The summed E-state index contributed by atoms with van der Waals surface area (Å²) in [7, 11) is 0. The molecule has 0 saturated heterocycles. The van der Waals surface area contributed by atoms with Crippen LogP contribution in [0.2, 0.25) is 0 Å². The summed E-state index contributed by atoms with van der Waals surface area (Å²) in [6.07, 6.45) is 11.7. The van der Waals surface area contributed by atoms with Crippen molar-refractivity contribution in [2.24, 2.45) is 0 Å². The Morgan fingerprint density at radius 3 is 2.81 bits per heavy atom. The van der Waals surface area contributed by atoms with E-state index in [1.54, 1.807) is 6.26 Å². The molecule has 1 aromatic heterocycles. The standard InChI is InChI=1S/C14H21NO/c1-2-8-14(9-4-3-5-10-14)15-12-13-7-6-11-16-13/h2,6-7,11,15H,1,3-5,8-10,12H2/p+1. The van der Waals surface area contributed by atoms with Crippen LogP contribution in [0.5, 0.6) is 0 Å². The summed E-state index contributed by atoms with van der Waals surface area (Å²) in [6.45, 7) is 4.86. The van der Waals surface area contributed by atoms with Crippen molar-refractivity contribution in [2.75, 3.05) is 0 Å². The zero-order valence-corrected chi connectivity index (χ0v) is 9.95. The van der Waals surface area contributed by atoms with Crippen LogP contribution in [-0.2, 0) is 6.54 Å². The van der Waals surface area contributed by atoms with Crippen LogP contribution < -0.4 is 5.32 Å². The van der Waals surface area contributed by atoms with Crippen molar-refractivity contribution in [3.63, 3.8) is 0 Å². The van der Waals surface area contributed by atoms with Gasteiger partial charge in [-0.1, -0.05) is 12.5 Å². The summed E-state index contributed by atoms with van der Waals surface area (Å²) >= 11 is 0. The fourth-order valence-corrected chi connectivity index (χ4v) is 2.78. The Labute approximate surface area is 97.7 Å². The molecule has 2 nitrogen and oxygen atoms in total. The van der Waals surface area contributed by atoms with E-state index in [-0.39, 0.29) is 0 Å². The first kappa shape index (κ1) is 11.5. The van der Waals surface area contributed by atoms with E-state index in [2.05, 4.69) is 24.0 Å². The Morgan fingerprint density at radius 1 is 1.38 bits per heavy atom. The van der Waals surface area contributed by atoms with Crippen LogP contribution >= 0.6 is 0 Å². The van der Waals surface area contributed by atoms with E-state index in [0.29, 0.717) is 5.54 Å². The maximum atomic E-state index is 5.39. The second kappa shape index (κ2) is 5.35. The topological polar surface area (TPSA) is 29.8 Å². The van der Waals surface area contributed by atoms with Crippen molar-refractivity contribution in [1.29, 1.82) is 0 Å². The van der Waals surface area contributed by atoms with Crippen LogP contribution in [0.25, 0.3) is 0 Å². The Bertz CT molecular complexity index is 309. The fraction of sp³-hybridized carbons (Fsp3) is 0.571. The second-order valence-electron chi connectivity index (χ2n) is 4.90. The molecular weight excluding hydrogens is 198 g/mol. The number of furan rings is 1. The van der Waals surface area contributed by atoms with Gasteiger partial charge in [0.25, 0.3) is 0 Å². The normalized spacial score (nSPS) is 19.5. The van der Waals surface area contributed by atoms with Crippen molar-refractivity contribution in [2.45, 2.75) is 50.6 Å². The molecule has 0 aromatic carbocycles. The first-order valence-corrected chi connectivity index (χ1v) is 6.32. The maximum absolute atomic E-state index is 5.39. The zero-order valence-electron chi connectivity index (χ0n) is 9.95. The fourth-order valence-electron chi connectivity index (χ4n) is 2.78. The van der Waals surface area contributed by atoms with Gasteiger partial charge in [0.05, 0.1) is 11.8 Å². The molecule has 1 aliphatic carbocycles. The van der Waals surface area contributed by atoms with Crippen LogP contribution in [0.4, 0.5) is 0 Å². The number of nitrogens with two attached hydrogens (primary N) is 1. The first-order valence-electron chi connectivity index (χ1n) is 6.32. The van der Waals surface area contributed by atoms with Crippen LogP contribution in [0.15, 0.2) is 35.5 Å². The largest absolute Gasteiger partial charge is 0.463 e. The van der Waals surface area contributed by atoms with E-state index in [9.17, 15) is 0 Å². The lowest BCUT2D eigenvalue weighted by molar-refractivity contribution is -0.745.